The zero-order chi connectivity index (χ0) is 61.5. The predicted molar refractivity (Wildman–Crippen MR) is 354 cm³/mol. The van der Waals surface area contributed by atoms with E-state index in [0.29, 0.717) is 48.4 Å². The number of nitrogens with one attached hydrogen (secondary N) is 4. The highest BCUT2D eigenvalue weighted by atomic mass is 16.5. The zero-order valence-electron chi connectivity index (χ0n) is 52.4. The van der Waals surface area contributed by atoms with Crippen molar-refractivity contribution in [2.45, 2.75) is 77.0 Å². The Labute approximate surface area is 519 Å². The van der Waals surface area contributed by atoms with Gasteiger partial charge in [0, 0.05) is 92.4 Å². The quantitative estimate of drug-likeness (QED) is 0.0446. The average Bonchev–Trinajstić information content (AvgIpc) is 1.76. The molecule has 1 fully saturated rings. The van der Waals surface area contributed by atoms with E-state index in [1.165, 1.54) is 38.9 Å². The molecule has 16 nitrogen and oxygen atoms in total. The van der Waals surface area contributed by atoms with E-state index in [1.54, 1.807) is 21.3 Å². The van der Waals surface area contributed by atoms with E-state index >= 15 is 0 Å². The molecule has 2 unspecified atom stereocenters. The van der Waals surface area contributed by atoms with Gasteiger partial charge in [0.2, 0.25) is 29.5 Å². The van der Waals surface area contributed by atoms with Gasteiger partial charge in [-0.25, -0.2) is 19.9 Å². The van der Waals surface area contributed by atoms with Crippen LogP contribution >= 0.6 is 0 Å². The second-order valence-electron chi connectivity index (χ2n) is 23.7. The van der Waals surface area contributed by atoms with Crippen LogP contribution in [0.2, 0.25) is 0 Å². The molecule has 16 heteroatoms. The van der Waals surface area contributed by atoms with E-state index in [2.05, 4.69) is 166 Å². The third-order valence-corrected chi connectivity index (χ3v) is 17.1. The summed E-state index contributed by atoms with van der Waals surface area (Å²) in [6.07, 6.45) is 10.1. The number of aromatic nitrogens is 4. The van der Waals surface area contributed by atoms with Gasteiger partial charge in [-0.3, -0.25) is 9.59 Å². The zero-order valence-corrected chi connectivity index (χ0v) is 52.4. The largest absolute Gasteiger partial charge is 0.493 e. The molecule has 2 aliphatic carbocycles. The van der Waals surface area contributed by atoms with Gasteiger partial charge in [-0.05, 0) is 179 Å². The number of carbonyl (C=O) groups excluding carboxylic acids is 2. The molecule has 4 N–H and O–H groups in total. The molecule has 0 bridgehead atoms. The number of hydrogen-bond acceptors (Lipinski definition) is 14. The molecular weight excluding hydrogens is 1100 g/mol. The number of likely N-dealkylation sites (N-methyl/N-ethyl adjacent to an activating group) is 1. The molecule has 1 aliphatic heterocycles. The molecular formula is C72H85N11O5. The van der Waals surface area contributed by atoms with Crippen molar-refractivity contribution in [3.05, 3.63) is 195 Å². The summed E-state index contributed by atoms with van der Waals surface area (Å²) in [5.74, 6) is 3.37. The number of unbranched alkanes of at least 4 members (excludes halogenated alkanes) is 1. The van der Waals surface area contributed by atoms with Crippen LogP contribution < -0.4 is 35.5 Å². The maximum absolute atomic E-state index is 12.8. The number of rotatable bonds is 23. The maximum atomic E-state index is 12.8. The Morgan fingerprint density at radius 3 is 1.65 bits per heavy atom. The molecule has 0 saturated carbocycles. The van der Waals surface area contributed by atoms with E-state index in [9.17, 15) is 9.59 Å². The van der Waals surface area contributed by atoms with Crippen LogP contribution in [0.4, 0.5) is 23.3 Å². The van der Waals surface area contributed by atoms with Gasteiger partial charge in [0.1, 0.15) is 0 Å². The van der Waals surface area contributed by atoms with Crippen LogP contribution in [0.15, 0.2) is 140 Å². The summed E-state index contributed by atoms with van der Waals surface area (Å²) >= 11 is 0. The van der Waals surface area contributed by atoms with Gasteiger partial charge in [0.05, 0.1) is 39.1 Å². The summed E-state index contributed by atoms with van der Waals surface area (Å²) in [5.41, 5.74) is 17.6. The minimum atomic E-state index is -0.0623. The number of piperazine rings is 1. The van der Waals surface area contributed by atoms with Crippen LogP contribution in [0, 0.1) is 13.8 Å². The molecule has 3 aliphatic rings. The average molecular weight is 1180 g/mol. The second kappa shape index (κ2) is 29.8. The standard InChI is InChI=1S/C36H42N6O.C36H43N5O4/c1-25-9-10-27(21-26(25)2)22-34(43)39-30-13-11-28(12-14-30)33-23-29-24-38-36(40-35(29)32-8-5-4-7-31(32)33)37-15-6-16-42-19-17-41(3)18-20-42;1-41(2)19-9-8-18-37-36-38-23-26-22-30(28-10-6-7-11-29(28)34(26)40-36)25-13-15-27(16-14-25)39-33(42)17-12-24-20-31(43-3)35(45-5)32(21-24)44-4/h4-5,7-14,21,24,33H,6,15-20,22-23H2,1-3H3,(H,39,43)(H,37,38,40);6-7,10-11,13-16,20-21,23,30H,8-9,12,17-19,22H2,1-5H3,(H,39,42)(H,37,38,40). The number of carbonyl (C=O) groups is 2. The van der Waals surface area contributed by atoms with E-state index in [-0.39, 0.29) is 23.7 Å². The summed E-state index contributed by atoms with van der Waals surface area (Å²) in [5, 5.41) is 13.0. The summed E-state index contributed by atoms with van der Waals surface area (Å²) in [6, 6.07) is 43.5. The number of fused-ring (bicyclic) bond motifs is 6. The minimum Gasteiger partial charge on any atom is -0.493 e. The lowest BCUT2D eigenvalue weighted by molar-refractivity contribution is -0.116. The van der Waals surface area contributed by atoms with Crippen LogP contribution in [0.3, 0.4) is 0 Å². The molecule has 1 saturated heterocycles. The van der Waals surface area contributed by atoms with Crippen molar-refractivity contribution in [1.29, 1.82) is 0 Å². The number of benzene rings is 6. The third-order valence-electron chi connectivity index (χ3n) is 17.1. The van der Waals surface area contributed by atoms with Crippen molar-refractivity contribution in [3.8, 4) is 39.8 Å². The highest BCUT2D eigenvalue weighted by Gasteiger charge is 2.30. The van der Waals surface area contributed by atoms with Gasteiger partial charge in [-0.15, -0.1) is 0 Å². The van der Waals surface area contributed by atoms with Gasteiger partial charge in [0.15, 0.2) is 11.5 Å². The molecule has 8 aromatic rings. The molecule has 2 amide bonds. The lowest BCUT2D eigenvalue weighted by Crippen LogP contribution is -2.44. The van der Waals surface area contributed by atoms with Crippen molar-refractivity contribution in [3.63, 3.8) is 0 Å². The molecule has 2 aromatic heterocycles. The maximum Gasteiger partial charge on any atom is 0.228 e. The first-order valence-corrected chi connectivity index (χ1v) is 30.9. The number of amides is 2. The van der Waals surface area contributed by atoms with E-state index < -0.39 is 0 Å². The Balaban J connectivity index is 0.000000195. The van der Waals surface area contributed by atoms with Crippen LogP contribution in [0.1, 0.15) is 93.2 Å². The van der Waals surface area contributed by atoms with Crippen molar-refractivity contribution >= 4 is 35.1 Å². The number of ether oxygens (including phenoxy) is 3. The van der Waals surface area contributed by atoms with Crippen molar-refractivity contribution in [1.82, 2.24) is 34.6 Å². The normalized spacial score (nSPS) is 15.1. The fourth-order valence-electron chi connectivity index (χ4n) is 12.0. The number of methoxy groups -OCH3 is 3. The fourth-order valence-corrected chi connectivity index (χ4v) is 12.0. The highest BCUT2D eigenvalue weighted by molar-refractivity contribution is 5.92. The van der Waals surface area contributed by atoms with Gasteiger partial charge in [-0.2, -0.15) is 0 Å². The van der Waals surface area contributed by atoms with Crippen LogP contribution in [-0.2, 0) is 35.3 Å². The smallest absolute Gasteiger partial charge is 0.228 e. The second-order valence-corrected chi connectivity index (χ2v) is 23.7. The van der Waals surface area contributed by atoms with Crippen LogP contribution in [0.5, 0.6) is 17.2 Å². The lowest BCUT2D eigenvalue weighted by Gasteiger charge is -2.32. The molecule has 6 aromatic carbocycles. The van der Waals surface area contributed by atoms with Gasteiger partial charge in [0.25, 0.3) is 0 Å². The van der Waals surface area contributed by atoms with Crippen molar-refractivity contribution in [2.75, 3.05) is 116 Å². The summed E-state index contributed by atoms with van der Waals surface area (Å²) in [4.78, 5) is 51.9. The number of aryl methyl sites for hydroxylation is 3. The molecule has 0 radical (unpaired) electrons. The van der Waals surface area contributed by atoms with E-state index in [1.807, 2.05) is 54.9 Å². The monoisotopic (exact) mass is 1180 g/mol. The number of hydrogen-bond donors (Lipinski definition) is 4. The first-order chi connectivity index (χ1) is 42.8. The summed E-state index contributed by atoms with van der Waals surface area (Å²) in [6.45, 7) is 12.7. The van der Waals surface area contributed by atoms with E-state index in [0.717, 1.165) is 135 Å². The number of anilines is 4. The van der Waals surface area contributed by atoms with Gasteiger partial charge < -0.3 is 50.2 Å². The topological polar surface area (TPSA) is 171 Å². The molecule has 88 heavy (non-hydrogen) atoms. The van der Waals surface area contributed by atoms with Crippen molar-refractivity contribution < 1.29 is 23.8 Å². The molecule has 3 heterocycles. The van der Waals surface area contributed by atoms with E-state index in [4.69, 9.17) is 24.2 Å². The first-order valence-electron chi connectivity index (χ1n) is 30.9. The van der Waals surface area contributed by atoms with Crippen molar-refractivity contribution in [2.24, 2.45) is 0 Å². The Morgan fingerprint density at radius 1 is 0.591 bits per heavy atom. The lowest BCUT2D eigenvalue weighted by atomic mass is 9.78. The molecule has 458 valence electrons. The SMILES string of the molecule is COc1cc(CCC(=O)Nc2ccc(C3Cc4cnc(NCCCCN(C)C)nc4-c4ccccc43)cc2)cc(OC)c1OC.Cc1ccc(CC(=O)Nc2ccc(C3Cc4cnc(NCCCN5CCN(C)CC5)nc4-c4ccccc43)cc2)cc1C. The predicted octanol–water partition coefficient (Wildman–Crippen LogP) is 11.9. The molecule has 11 rings (SSSR count). The number of nitrogens with zero attached hydrogens (tertiary/aromatic N) is 7. The van der Waals surface area contributed by atoms with Crippen LogP contribution in [0.25, 0.3) is 22.5 Å². The summed E-state index contributed by atoms with van der Waals surface area (Å²) in [7, 11) is 11.1. The minimum absolute atomic E-state index is 0.00571. The third kappa shape index (κ3) is 15.9. The molecule has 0 spiro atoms. The molecule has 2 atom stereocenters. The highest BCUT2D eigenvalue weighted by Crippen LogP contribution is 2.44. The summed E-state index contributed by atoms with van der Waals surface area (Å²) < 4.78 is 16.3. The Morgan fingerprint density at radius 2 is 1.12 bits per heavy atom. The Kier molecular flexibility index (Phi) is 21.1. The Bertz CT molecular complexity index is 3640. The van der Waals surface area contributed by atoms with Gasteiger partial charge in [-0.1, -0.05) is 91.0 Å². The Hall–Kier alpha value is -8.70. The first kappa shape index (κ1) is 62.4. The van der Waals surface area contributed by atoms with Crippen LogP contribution in [-0.4, -0.2) is 141 Å². The van der Waals surface area contributed by atoms with Gasteiger partial charge >= 0.3 is 0 Å². The fraction of sp³-hybridized carbons (Fsp3) is 0.361.